The van der Waals surface area contributed by atoms with Crippen LogP contribution in [0.15, 0.2) is 72.8 Å². The highest BCUT2D eigenvalue weighted by Crippen LogP contribution is 2.17. The molecule has 0 unspecified atom stereocenters. The summed E-state index contributed by atoms with van der Waals surface area (Å²) < 4.78 is 10.6. The van der Waals surface area contributed by atoms with Crippen molar-refractivity contribution >= 4 is 23.4 Å². The zero-order valence-corrected chi connectivity index (χ0v) is 18.4. The number of nitrogens with one attached hydrogen (secondary N) is 3. The van der Waals surface area contributed by atoms with Gasteiger partial charge in [0.1, 0.15) is 11.5 Å². The Kier molecular flexibility index (Phi) is 8.02. The highest BCUT2D eigenvalue weighted by Gasteiger charge is 2.09. The first-order chi connectivity index (χ1) is 16.0. The molecule has 0 aliphatic rings. The van der Waals surface area contributed by atoms with E-state index in [1.54, 1.807) is 80.9 Å². The molecule has 3 N–H and O–H groups in total. The highest BCUT2D eigenvalue weighted by atomic mass is 16.5. The number of ether oxygens (including phenoxy) is 2. The fourth-order valence-corrected chi connectivity index (χ4v) is 3.00. The number of anilines is 1. The Morgan fingerprint density at radius 2 is 1.58 bits per heavy atom. The van der Waals surface area contributed by atoms with Gasteiger partial charge in [0, 0.05) is 36.5 Å². The lowest BCUT2D eigenvalue weighted by molar-refractivity contribution is -0.118. The van der Waals surface area contributed by atoms with Crippen molar-refractivity contribution in [3.63, 3.8) is 0 Å². The van der Waals surface area contributed by atoms with Crippen LogP contribution in [0, 0.1) is 0 Å². The maximum absolute atomic E-state index is 12.4. The van der Waals surface area contributed by atoms with E-state index in [-0.39, 0.29) is 30.9 Å². The summed E-state index contributed by atoms with van der Waals surface area (Å²) >= 11 is 0. The normalized spacial score (nSPS) is 10.1. The number of hydrogen-bond acceptors (Lipinski definition) is 5. The van der Waals surface area contributed by atoms with Crippen molar-refractivity contribution in [2.24, 2.45) is 0 Å². The zero-order valence-electron chi connectivity index (χ0n) is 18.4. The molecule has 8 heteroatoms. The smallest absolute Gasteiger partial charge is 0.262 e. The number of hydrogen-bond donors (Lipinski definition) is 3. The second kappa shape index (κ2) is 11.3. The Balaban J connectivity index is 1.48. The summed E-state index contributed by atoms with van der Waals surface area (Å²) in [4.78, 5) is 36.2. The predicted molar refractivity (Wildman–Crippen MR) is 125 cm³/mol. The molecule has 170 valence electrons. The third-order valence-corrected chi connectivity index (χ3v) is 4.71. The average molecular weight is 447 g/mol. The summed E-state index contributed by atoms with van der Waals surface area (Å²) in [6, 6.07) is 20.5. The molecule has 0 atom stereocenters. The second-order valence-electron chi connectivity index (χ2n) is 7.06. The van der Waals surface area contributed by atoms with Crippen LogP contribution in [0.3, 0.4) is 0 Å². The molecule has 0 saturated carbocycles. The minimum absolute atomic E-state index is 0.176. The van der Waals surface area contributed by atoms with Crippen LogP contribution >= 0.6 is 0 Å². The second-order valence-corrected chi connectivity index (χ2v) is 7.06. The molecule has 33 heavy (non-hydrogen) atoms. The topological polar surface area (TPSA) is 106 Å². The first-order valence-corrected chi connectivity index (χ1v) is 10.2. The van der Waals surface area contributed by atoms with Gasteiger partial charge in [-0.15, -0.1) is 0 Å². The van der Waals surface area contributed by atoms with Crippen LogP contribution < -0.4 is 25.4 Å². The summed E-state index contributed by atoms with van der Waals surface area (Å²) in [5.74, 6) is 0.343. The first-order valence-electron chi connectivity index (χ1n) is 10.2. The molecule has 0 bridgehead atoms. The van der Waals surface area contributed by atoms with Gasteiger partial charge in [-0.3, -0.25) is 14.4 Å². The van der Waals surface area contributed by atoms with Gasteiger partial charge < -0.3 is 25.4 Å². The largest absolute Gasteiger partial charge is 0.497 e. The van der Waals surface area contributed by atoms with E-state index in [0.717, 1.165) is 5.56 Å². The van der Waals surface area contributed by atoms with Gasteiger partial charge in [-0.05, 0) is 54.1 Å². The van der Waals surface area contributed by atoms with Crippen LogP contribution in [0.25, 0.3) is 0 Å². The molecule has 3 aromatic rings. The summed E-state index contributed by atoms with van der Waals surface area (Å²) in [6.07, 6.45) is 0. The molecule has 0 aliphatic carbocycles. The van der Waals surface area contributed by atoms with Gasteiger partial charge in [0.25, 0.3) is 17.7 Å². The van der Waals surface area contributed by atoms with Gasteiger partial charge in [0.05, 0.1) is 7.11 Å². The monoisotopic (exact) mass is 447 g/mol. The van der Waals surface area contributed by atoms with Crippen LogP contribution in [0.2, 0.25) is 0 Å². The molecule has 8 nitrogen and oxygen atoms in total. The Morgan fingerprint density at radius 1 is 0.818 bits per heavy atom. The van der Waals surface area contributed by atoms with Crippen molar-refractivity contribution in [3.05, 3.63) is 89.5 Å². The molecule has 0 heterocycles. The number of amides is 3. The molecule has 3 rings (SSSR count). The lowest BCUT2D eigenvalue weighted by Crippen LogP contribution is -2.23. The van der Waals surface area contributed by atoms with Gasteiger partial charge in [-0.1, -0.05) is 18.2 Å². The predicted octanol–water partition coefficient (Wildman–Crippen LogP) is 3.00. The van der Waals surface area contributed by atoms with Gasteiger partial charge in [-0.2, -0.15) is 0 Å². The standard InChI is InChI=1S/C25H25N3O5/c1-26-24(30)19-6-3-5-17(13-19)15-27-25(31)18-9-11-21(12-10-18)33-16-23(29)28-20-7-4-8-22(14-20)32-2/h3-14H,15-16H2,1-2H3,(H,26,30)(H,27,31)(H,28,29). The van der Waals surface area contributed by atoms with E-state index in [4.69, 9.17) is 9.47 Å². The van der Waals surface area contributed by atoms with Crippen molar-refractivity contribution in [1.29, 1.82) is 0 Å². The average Bonchev–Trinajstić information content (AvgIpc) is 2.86. The summed E-state index contributed by atoms with van der Waals surface area (Å²) in [5.41, 5.74) is 2.40. The Morgan fingerprint density at radius 3 is 2.30 bits per heavy atom. The van der Waals surface area contributed by atoms with Crippen LogP contribution in [0.5, 0.6) is 11.5 Å². The van der Waals surface area contributed by atoms with E-state index in [9.17, 15) is 14.4 Å². The van der Waals surface area contributed by atoms with E-state index in [1.165, 1.54) is 0 Å². The molecule has 0 fully saturated rings. The fraction of sp³-hybridized carbons (Fsp3) is 0.160. The number of benzene rings is 3. The van der Waals surface area contributed by atoms with Gasteiger partial charge in [-0.25, -0.2) is 0 Å². The lowest BCUT2D eigenvalue weighted by atomic mass is 10.1. The molecule has 0 saturated heterocycles. The molecule has 3 amide bonds. The highest BCUT2D eigenvalue weighted by molar-refractivity contribution is 5.95. The first kappa shape index (κ1) is 23.3. The molecule has 0 aliphatic heterocycles. The molecule has 0 aromatic heterocycles. The summed E-state index contributed by atoms with van der Waals surface area (Å²) in [6.45, 7) is 0.108. The van der Waals surface area contributed by atoms with Crippen LogP contribution in [0.1, 0.15) is 26.3 Å². The van der Waals surface area contributed by atoms with Gasteiger partial charge >= 0.3 is 0 Å². The number of carbonyl (C=O) groups excluding carboxylic acids is 3. The molecular weight excluding hydrogens is 422 g/mol. The third-order valence-electron chi connectivity index (χ3n) is 4.71. The van der Waals surface area contributed by atoms with Crippen molar-refractivity contribution in [3.8, 4) is 11.5 Å². The van der Waals surface area contributed by atoms with E-state index in [0.29, 0.717) is 28.3 Å². The fourth-order valence-electron chi connectivity index (χ4n) is 3.00. The minimum atomic E-state index is -0.316. The quantitative estimate of drug-likeness (QED) is 0.468. The Hall–Kier alpha value is -4.33. The zero-order chi connectivity index (χ0) is 23.6. The van der Waals surface area contributed by atoms with E-state index >= 15 is 0 Å². The Labute approximate surface area is 191 Å². The molecule has 3 aromatic carbocycles. The maximum Gasteiger partial charge on any atom is 0.262 e. The van der Waals surface area contributed by atoms with E-state index in [2.05, 4.69) is 16.0 Å². The number of methoxy groups -OCH3 is 1. The van der Waals surface area contributed by atoms with Crippen LogP contribution in [-0.2, 0) is 11.3 Å². The van der Waals surface area contributed by atoms with Crippen molar-refractivity contribution in [2.45, 2.75) is 6.54 Å². The van der Waals surface area contributed by atoms with Crippen LogP contribution in [0.4, 0.5) is 5.69 Å². The van der Waals surface area contributed by atoms with E-state index in [1.807, 2.05) is 6.07 Å². The van der Waals surface area contributed by atoms with Gasteiger partial charge in [0.15, 0.2) is 6.61 Å². The minimum Gasteiger partial charge on any atom is -0.497 e. The van der Waals surface area contributed by atoms with Crippen molar-refractivity contribution in [2.75, 3.05) is 26.1 Å². The molecule has 0 spiro atoms. The molecule has 0 radical (unpaired) electrons. The SMILES string of the molecule is CNC(=O)c1cccc(CNC(=O)c2ccc(OCC(=O)Nc3cccc(OC)c3)cc2)c1. The number of rotatable bonds is 9. The Bertz CT molecular complexity index is 1130. The van der Waals surface area contributed by atoms with Gasteiger partial charge in [0.2, 0.25) is 0 Å². The number of carbonyl (C=O) groups is 3. The van der Waals surface area contributed by atoms with Crippen LogP contribution in [-0.4, -0.2) is 38.5 Å². The van der Waals surface area contributed by atoms with Crippen molar-refractivity contribution in [1.82, 2.24) is 10.6 Å². The lowest BCUT2D eigenvalue weighted by Gasteiger charge is -2.10. The summed E-state index contributed by atoms with van der Waals surface area (Å²) in [5, 5.41) is 8.12. The van der Waals surface area contributed by atoms with Crippen molar-refractivity contribution < 1.29 is 23.9 Å². The maximum atomic E-state index is 12.4. The molecular formula is C25H25N3O5. The van der Waals surface area contributed by atoms with E-state index < -0.39 is 0 Å². The third kappa shape index (κ3) is 6.83. The summed E-state index contributed by atoms with van der Waals surface area (Å²) in [7, 11) is 3.12.